The van der Waals surface area contributed by atoms with E-state index < -0.39 is 0 Å². The van der Waals surface area contributed by atoms with E-state index in [-0.39, 0.29) is 5.78 Å². The second kappa shape index (κ2) is 3.84. The Labute approximate surface area is 99.5 Å². The quantitative estimate of drug-likeness (QED) is 0.751. The number of rotatable bonds is 1. The lowest BCUT2D eigenvalue weighted by Crippen LogP contribution is -2.09. The molecule has 3 rings (SSSR count). The maximum absolute atomic E-state index is 11.7. The van der Waals surface area contributed by atoms with E-state index in [9.17, 15) is 4.79 Å². The molecule has 0 fully saturated rings. The minimum Gasteiger partial charge on any atom is -0.440 e. The molecule has 0 aliphatic heterocycles. The molecule has 1 aromatic carbocycles. The van der Waals surface area contributed by atoms with Gasteiger partial charge in [-0.15, -0.1) is 0 Å². The molecule has 86 valence electrons. The van der Waals surface area contributed by atoms with Crippen LogP contribution in [-0.4, -0.2) is 10.8 Å². The maximum Gasteiger partial charge on any atom is 0.227 e. The zero-order valence-corrected chi connectivity index (χ0v) is 9.69. The van der Waals surface area contributed by atoms with Gasteiger partial charge in [0.15, 0.2) is 5.78 Å². The van der Waals surface area contributed by atoms with E-state index in [0.717, 1.165) is 29.7 Å². The predicted octanol–water partition coefficient (Wildman–Crippen LogP) is 3.17. The fourth-order valence-electron chi connectivity index (χ4n) is 2.20. The number of fused-ring (bicyclic) bond motifs is 1. The van der Waals surface area contributed by atoms with Crippen molar-refractivity contribution in [2.45, 2.75) is 26.2 Å². The Morgan fingerprint density at radius 3 is 2.82 bits per heavy atom. The molecule has 0 N–H and O–H groups in total. The van der Waals surface area contributed by atoms with Gasteiger partial charge in [-0.25, -0.2) is 4.98 Å². The molecular weight excluding hydrogens is 214 g/mol. The fraction of sp³-hybridized carbons (Fsp3) is 0.286. The van der Waals surface area contributed by atoms with Gasteiger partial charge in [-0.1, -0.05) is 18.2 Å². The summed E-state index contributed by atoms with van der Waals surface area (Å²) in [7, 11) is 0. The summed E-state index contributed by atoms with van der Waals surface area (Å²) in [5.41, 5.74) is 2.61. The summed E-state index contributed by atoms with van der Waals surface area (Å²) >= 11 is 0. The van der Waals surface area contributed by atoms with Gasteiger partial charge in [0.05, 0.1) is 0 Å². The summed E-state index contributed by atoms with van der Waals surface area (Å²) in [6.45, 7) is 2.01. The van der Waals surface area contributed by atoms with Gasteiger partial charge in [-0.3, -0.25) is 4.79 Å². The van der Waals surface area contributed by atoms with E-state index in [4.69, 9.17) is 4.42 Å². The van der Waals surface area contributed by atoms with Gasteiger partial charge < -0.3 is 4.42 Å². The topological polar surface area (TPSA) is 43.1 Å². The number of hydrogen-bond donors (Lipinski definition) is 0. The Hall–Kier alpha value is -1.90. The minimum absolute atomic E-state index is 0.106. The summed E-state index contributed by atoms with van der Waals surface area (Å²) in [5, 5.41) is 0. The number of oxazole rings is 1. The van der Waals surface area contributed by atoms with Gasteiger partial charge in [0, 0.05) is 18.4 Å². The van der Waals surface area contributed by atoms with Crippen LogP contribution in [0.2, 0.25) is 0 Å². The predicted molar refractivity (Wildman–Crippen MR) is 63.9 cm³/mol. The van der Waals surface area contributed by atoms with E-state index in [2.05, 4.69) is 4.98 Å². The number of nitrogens with zero attached hydrogens (tertiary/aromatic N) is 1. The number of Topliss-reactive ketones (excluding diaryl/α,β-unsaturated/α-hetero) is 1. The summed E-state index contributed by atoms with van der Waals surface area (Å²) in [6, 6.07) is 7.91. The third-order valence-corrected chi connectivity index (χ3v) is 3.14. The van der Waals surface area contributed by atoms with Crippen LogP contribution in [0.3, 0.4) is 0 Å². The zero-order chi connectivity index (χ0) is 11.8. The molecule has 0 unspecified atom stereocenters. The van der Waals surface area contributed by atoms with Crippen LogP contribution in [0.15, 0.2) is 28.7 Å². The number of aromatic nitrogens is 1. The Morgan fingerprint density at radius 2 is 2.06 bits per heavy atom. The average Bonchev–Trinajstić information content (AvgIpc) is 2.75. The number of carbonyl (C=O) groups is 1. The highest BCUT2D eigenvalue weighted by Crippen LogP contribution is 2.28. The summed E-state index contributed by atoms with van der Waals surface area (Å²) < 4.78 is 5.71. The van der Waals surface area contributed by atoms with Crippen LogP contribution in [-0.2, 0) is 6.42 Å². The van der Waals surface area contributed by atoms with Crippen molar-refractivity contribution < 1.29 is 9.21 Å². The molecule has 0 atom stereocenters. The highest BCUT2D eigenvalue weighted by Gasteiger charge is 2.24. The molecule has 1 aliphatic carbocycles. The Balaban J connectivity index is 2.11. The lowest BCUT2D eigenvalue weighted by Gasteiger charge is -2.04. The number of carbonyl (C=O) groups excluding carboxylic acids is 1. The first-order chi connectivity index (χ1) is 8.25. The smallest absolute Gasteiger partial charge is 0.227 e. The molecule has 0 saturated heterocycles. The molecule has 3 nitrogen and oxygen atoms in total. The molecule has 17 heavy (non-hydrogen) atoms. The van der Waals surface area contributed by atoms with Crippen LogP contribution in [0, 0.1) is 6.92 Å². The van der Waals surface area contributed by atoms with E-state index in [0.29, 0.717) is 18.0 Å². The molecule has 3 heteroatoms. The standard InChI is InChI=1S/C14H13NO2/c1-9-5-2-3-6-10(9)14-15-13-11(16)7-4-8-12(13)17-14/h2-3,5-6H,4,7-8H2,1H3. The van der Waals surface area contributed by atoms with Crippen molar-refractivity contribution in [2.75, 3.05) is 0 Å². The average molecular weight is 227 g/mol. The maximum atomic E-state index is 11.7. The normalized spacial score (nSPS) is 14.8. The number of aryl methyl sites for hydroxylation is 2. The third kappa shape index (κ3) is 1.68. The summed E-state index contributed by atoms with van der Waals surface area (Å²) in [5.74, 6) is 1.43. The lowest BCUT2D eigenvalue weighted by molar-refractivity contribution is 0.0965. The van der Waals surface area contributed by atoms with E-state index in [1.165, 1.54) is 0 Å². The fourth-order valence-corrected chi connectivity index (χ4v) is 2.20. The van der Waals surface area contributed by atoms with Gasteiger partial charge in [0.2, 0.25) is 5.89 Å². The van der Waals surface area contributed by atoms with Crippen molar-refractivity contribution in [3.63, 3.8) is 0 Å². The largest absolute Gasteiger partial charge is 0.440 e. The van der Waals surface area contributed by atoms with Crippen LogP contribution in [0.25, 0.3) is 11.5 Å². The highest BCUT2D eigenvalue weighted by molar-refractivity contribution is 5.96. The van der Waals surface area contributed by atoms with E-state index >= 15 is 0 Å². The van der Waals surface area contributed by atoms with Crippen molar-refractivity contribution in [2.24, 2.45) is 0 Å². The first-order valence-electron chi connectivity index (χ1n) is 5.84. The minimum atomic E-state index is 0.106. The van der Waals surface area contributed by atoms with Crippen LogP contribution < -0.4 is 0 Å². The zero-order valence-electron chi connectivity index (χ0n) is 9.69. The SMILES string of the molecule is Cc1ccccc1-c1nc2c(o1)CCCC2=O. The van der Waals surface area contributed by atoms with Crippen molar-refractivity contribution in [3.05, 3.63) is 41.3 Å². The van der Waals surface area contributed by atoms with Crippen molar-refractivity contribution in [1.82, 2.24) is 4.98 Å². The monoisotopic (exact) mass is 227 g/mol. The number of ketones is 1. The van der Waals surface area contributed by atoms with Crippen molar-refractivity contribution >= 4 is 5.78 Å². The van der Waals surface area contributed by atoms with Gasteiger partial charge in [0.1, 0.15) is 11.5 Å². The van der Waals surface area contributed by atoms with Crippen LogP contribution in [0.5, 0.6) is 0 Å². The molecule has 0 bridgehead atoms. The van der Waals surface area contributed by atoms with Gasteiger partial charge >= 0.3 is 0 Å². The molecule has 1 aliphatic rings. The molecule has 0 amide bonds. The Bertz CT molecular complexity index is 584. The Kier molecular flexibility index (Phi) is 2.32. The van der Waals surface area contributed by atoms with Crippen molar-refractivity contribution in [3.8, 4) is 11.5 Å². The molecular formula is C14H13NO2. The molecule has 0 radical (unpaired) electrons. The summed E-state index contributed by atoms with van der Waals surface area (Å²) in [4.78, 5) is 16.0. The molecule has 1 aromatic heterocycles. The van der Waals surface area contributed by atoms with Gasteiger partial charge in [0.25, 0.3) is 0 Å². The van der Waals surface area contributed by atoms with Crippen molar-refractivity contribution in [1.29, 1.82) is 0 Å². The van der Waals surface area contributed by atoms with Gasteiger partial charge in [-0.05, 0) is 25.0 Å². The number of benzene rings is 1. The molecule has 2 aromatic rings. The van der Waals surface area contributed by atoms with Crippen LogP contribution in [0.4, 0.5) is 0 Å². The first kappa shape index (κ1) is 10.3. The second-order valence-corrected chi connectivity index (χ2v) is 4.38. The van der Waals surface area contributed by atoms with E-state index in [1.54, 1.807) is 0 Å². The Morgan fingerprint density at radius 1 is 1.24 bits per heavy atom. The van der Waals surface area contributed by atoms with Crippen LogP contribution >= 0.6 is 0 Å². The lowest BCUT2D eigenvalue weighted by atomic mass is 10.0. The number of hydrogen-bond acceptors (Lipinski definition) is 3. The summed E-state index contributed by atoms with van der Waals surface area (Å²) in [6.07, 6.45) is 2.28. The highest BCUT2D eigenvalue weighted by atomic mass is 16.4. The molecule has 0 spiro atoms. The third-order valence-electron chi connectivity index (χ3n) is 3.14. The molecule has 1 heterocycles. The molecule has 0 saturated carbocycles. The van der Waals surface area contributed by atoms with Gasteiger partial charge in [-0.2, -0.15) is 0 Å². The second-order valence-electron chi connectivity index (χ2n) is 4.38. The van der Waals surface area contributed by atoms with E-state index in [1.807, 2.05) is 31.2 Å². The first-order valence-corrected chi connectivity index (χ1v) is 5.84. The van der Waals surface area contributed by atoms with Crippen LogP contribution in [0.1, 0.15) is 34.7 Å².